The van der Waals surface area contributed by atoms with Gasteiger partial charge in [-0.1, -0.05) is 50.4 Å². The molecule has 0 aliphatic carbocycles. The molecule has 1 heterocycles. The van der Waals surface area contributed by atoms with Gasteiger partial charge in [0.2, 0.25) is 0 Å². The maximum atomic E-state index is 10.3. The molecule has 1 aromatic carbocycles. The minimum absolute atomic E-state index is 0.383. The molecule has 1 N–H and O–H groups in total. The highest BCUT2D eigenvalue weighted by molar-refractivity contribution is 6.30. The van der Waals surface area contributed by atoms with E-state index in [0.717, 1.165) is 23.6 Å². The third-order valence-corrected chi connectivity index (χ3v) is 5.64. The molecule has 0 aromatic heterocycles. The first-order valence-corrected chi connectivity index (χ1v) is 8.62. The van der Waals surface area contributed by atoms with Gasteiger partial charge in [0.1, 0.15) is 0 Å². The van der Waals surface area contributed by atoms with Crippen molar-refractivity contribution in [1.29, 1.82) is 0 Å². The van der Waals surface area contributed by atoms with Crippen molar-refractivity contribution >= 4 is 11.6 Å². The van der Waals surface area contributed by atoms with Crippen molar-refractivity contribution in [2.24, 2.45) is 5.41 Å². The molecule has 1 aliphatic heterocycles. The molecule has 0 spiro atoms. The highest BCUT2D eigenvalue weighted by Gasteiger charge is 2.31. The van der Waals surface area contributed by atoms with Crippen molar-refractivity contribution in [3.8, 4) is 0 Å². The fourth-order valence-electron chi connectivity index (χ4n) is 3.36. The zero-order chi connectivity index (χ0) is 15.3. The first-order valence-electron chi connectivity index (χ1n) is 8.24. The Morgan fingerprint density at radius 1 is 1.14 bits per heavy atom. The maximum absolute atomic E-state index is 10.3. The van der Waals surface area contributed by atoms with E-state index in [-0.39, 0.29) is 6.10 Å². The summed E-state index contributed by atoms with van der Waals surface area (Å²) in [5.41, 5.74) is 1.54. The van der Waals surface area contributed by atoms with Crippen molar-refractivity contribution in [2.45, 2.75) is 52.1 Å². The Labute approximate surface area is 134 Å². The van der Waals surface area contributed by atoms with Gasteiger partial charge in [0, 0.05) is 11.6 Å². The lowest BCUT2D eigenvalue weighted by molar-refractivity contribution is 0.0782. The van der Waals surface area contributed by atoms with Crippen LogP contribution in [0.15, 0.2) is 24.3 Å². The van der Waals surface area contributed by atoms with E-state index in [1.165, 1.54) is 38.8 Å². The molecule has 21 heavy (non-hydrogen) atoms. The van der Waals surface area contributed by atoms with E-state index in [1.807, 2.05) is 24.3 Å². The number of benzene rings is 1. The van der Waals surface area contributed by atoms with E-state index in [4.69, 9.17) is 11.6 Å². The Hall–Kier alpha value is -0.570. The molecule has 1 unspecified atom stereocenters. The Kier molecular flexibility index (Phi) is 6.09. The average molecular weight is 310 g/mol. The predicted molar refractivity (Wildman–Crippen MR) is 89.7 cm³/mol. The summed E-state index contributed by atoms with van der Waals surface area (Å²) in [6.07, 6.45) is 5.61. The molecule has 0 amide bonds. The molecule has 118 valence electrons. The first-order chi connectivity index (χ1) is 10.1. The fraction of sp³-hybridized carbons (Fsp3) is 0.667. The zero-order valence-corrected chi connectivity index (χ0v) is 14.1. The van der Waals surface area contributed by atoms with Crippen molar-refractivity contribution < 1.29 is 5.11 Å². The molecule has 0 radical (unpaired) electrons. The van der Waals surface area contributed by atoms with Crippen LogP contribution in [0.4, 0.5) is 0 Å². The lowest BCUT2D eigenvalue weighted by atomic mass is 9.74. The van der Waals surface area contributed by atoms with Gasteiger partial charge in [-0.25, -0.2) is 0 Å². The molecule has 0 bridgehead atoms. The van der Waals surface area contributed by atoms with Gasteiger partial charge in [-0.2, -0.15) is 0 Å². The number of piperidine rings is 1. The molecule has 1 aromatic rings. The standard InChI is InChI=1S/C18H28ClNO/c1-3-18(4-2)10-13-20(14-11-18)12-9-17(21)15-5-7-16(19)8-6-15/h5-8,17,21H,3-4,9-14H2,1-2H3. The van der Waals surface area contributed by atoms with Gasteiger partial charge in [-0.15, -0.1) is 0 Å². The van der Waals surface area contributed by atoms with Gasteiger partial charge in [-0.3, -0.25) is 0 Å². The van der Waals surface area contributed by atoms with Gasteiger partial charge in [0.15, 0.2) is 0 Å². The van der Waals surface area contributed by atoms with Crippen LogP contribution in [0.1, 0.15) is 57.6 Å². The average Bonchev–Trinajstić information content (AvgIpc) is 2.54. The Morgan fingerprint density at radius 3 is 2.24 bits per heavy atom. The van der Waals surface area contributed by atoms with Gasteiger partial charge in [0.25, 0.3) is 0 Å². The summed E-state index contributed by atoms with van der Waals surface area (Å²) in [5.74, 6) is 0. The first kappa shape index (κ1) is 16.8. The lowest BCUT2D eigenvalue weighted by Gasteiger charge is -2.41. The van der Waals surface area contributed by atoms with Crippen LogP contribution in [-0.4, -0.2) is 29.6 Å². The summed E-state index contributed by atoms with van der Waals surface area (Å²) in [5, 5.41) is 11.0. The Bertz CT molecular complexity index is 417. The van der Waals surface area contributed by atoms with Gasteiger partial charge in [-0.05, 0) is 55.5 Å². The topological polar surface area (TPSA) is 23.5 Å². The fourth-order valence-corrected chi connectivity index (χ4v) is 3.49. The molecule has 0 saturated carbocycles. The molecule has 1 aliphatic rings. The van der Waals surface area contributed by atoms with E-state index in [2.05, 4.69) is 18.7 Å². The van der Waals surface area contributed by atoms with Crippen LogP contribution in [-0.2, 0) is 0 Å². The number of aliphatic hydroxyl groups is 1. The van der Waals surface area contributed by atoms with Crippen molar-refractivity contribution in [1.82, 2.24) is 4.90 Å². The number of hydrogen-bond donors (Lipinski definition) is 1. The predicted octanol–water partition coefficient (Wildman–Crippen LogP) is 4.67. The smallest absolute Gasteiger partial charge is 0.0802 e. The van der Waals surface area contributed by atoms with Crippen molar-refractivity contribution in [3.05, 3.63) is 34.9 Å². The van der Waals surface area contributed by atoms with Crippen LogP contribution in [0.5, 0.6) is 0 Å². The van der Waals surface area contributed by atoms with E-state index >= 15 is 0 Å². The monoisotopic (exact) mass is 309 g/mol. The van der Waals surface area contributed by atoms with Crippen molar-refractivity contribution in [3.63, 3.8) is 0 Å². The van der Waals surface area contributed by atoms with Crippen LogP contribution in [0.2, 0.25) is 5.02 Å². The van der Waals surface area contributed by atoms with E-state index < -0.39 is 0 Å². The molecule has 2 nitrogen and oxygen atoms in total. The van der Waals surface area contributed by atoms with Crippen molar-refractivity contribution in [2.75, 3.05) is 19.6 Å². The highest BCUT2D eigenvalue weighted by Crippen LogP contribution is 2.38. The SMILES string of the molecule is CCC1(CC)CCN(CCC(O)c2ccc(Cl)cc2)CC1. The second-order valence-electron chi connectivity index (χ2n) is 6.40. The number of halogens is 1. The minimum Gasteiger partial charge on any atom is -0.388 e. The third-order valence-electron chi connectivity index (χ3n) is 5.39. The second kappa shape index (κ2) is 7.62. The van der Waals surface area contributed by atoms with Crippen LogP contribution in [0.25, 0.3) is 0 Å². The zero-order valence-electron chi connectivity index (χ0n) is 13.3. The molecule has 3 heteroatoms. The number of nitrogens with zero attached hydrogens (tertiary/aromatic N) is 1. The van der Waals surface area contributed by atoms with Crippen LogP contribution < -0.4 is 0 Å². The third kappa shape index (κ3) is 4.45. The summed E-state index contributed by atoms with van der Waals surface area (Å²) < 4.78 is 0. The van der Waals surface area contributed by atoms with Gasteiger partial charge < -0.3 is 10.0 Å². The van der Waals surface area contributed by atoms with Gasteiger partial charge in [0.05, 0.1) is 6.10 Å². The van der Waals surface area contributed by atoms with Crippen LogP contribution in [0, 0.1) is 5.41 Å². The second-order valence-corrected chi connectivity index (χ2v) is 6.84. The molecule has 1 fully saturated rings. The summed E-state index contributed by atoms with van der Waals surface area (Å²) >= 11 is 5.88. The van der Waals surface area contributed by atoms with E-state index in [9.17, 15) is 5.11 Å². The minimum atomic E-state index is -0.383. The summed E-state index contributed by atoms with van der Waals surface area (Å²) in [6.45, 7) is 7.98. The number of hydrogen-bond acceptors (Lipinski definition) is 2. The Balaban J connectivity index is 1.78. The molecular weight excluding hydrogens is 282 g/mol. The quantitative estimate of drug-likeness (QED) is 0.825. The Morgan fingerprint density at radius 2 is 1.71 bits per heavy atom. The normalized spacial score (nSPS) is 20.4. The number of rotatable bonds is 6. The molecule has 1 atom stereocenters. The van der Waals surface area contributed by atoms with Crippen LogP contribution in [0.3, 0.4) is 0 Å². The summed E-state index contributed by atoms with van der Waals surface area (Å²) in [4.78, 5) is 2.50. The lowest BCUT2D eigenvalue weighted by Crippen LogP contribution is -2.40. The maximum Gasteiger partial charge on any atom is 0.0802 e. The number of likely N-dealkylation sites (tertiary alicyclic amines) is 1. The largest absolute Gasteiger partial charge is 0.388 e. The highest BCUT2D eigenvalue weighted by atomic mass is 35.5. The molecule has 2 rings (SSSR count). The van der Waals surface area contributed by atoms with Gasteiger partial charge >= 0.3 is 0 Å². The van der Waals surface area contributed by atoms with E-state index in [0.29, 0.717) is 5.41 Å². The summed E-state index contributed by atoms with van der Waals surface area (Å²) in [7, 11) is 0. The molecule has 1 saturated heterocycles. The molecular formula is C18H28ClNO. The summed E-state index contributed by atoms with van der Waals surface area (Å²) in [6, 6.07) is 7.53. The van der Waals surface area contributed by atoms with E-state index in [1.54, 1.807) is 0 Å². The van der Waals surface area contributed by atoms with Crippen LogP contribution >= 0.6 is 11.6 Å². The number of aliphatic hydroxyl groups excluding tert-OH is 1.